The van der Waals surface area contributed by atoms with Gasteiger partial charge in [-0.25, -0.2) is 22.7 Å². The van der Waals surface area contributed by atoms with E-state index in [1.165, 1.54) is 0 Å². The largest absolute Gasteiger partial charge is 0.444 e. The highest BCUT2D eigenvalue weighted by Crippen LogP contribution is 2.69. The number of hydrogen-bond donors (Lipinski definition) is 3. The van der Waals surface area contributed by atoms with Crippen LogP contribution in [0, 0.1) is 10.8 Å². The molecular formula is C33H72N4O6S2. The fourth-order valence-electron chi connectivity index (χ4n) is 6.62. The van der Waals surface area contributed by atoms with Gasteiger partial charge in [0, 0.05) is 41.6 Å². The van der Waals surface area contributed by atoms with Crippen molar-refractivity contribution in [1.29, 1.82) is 0 Å². The van der Waals surface area contributed by atoms with Crippen molar-refractivity contribution in [3.63, 3.8) is 0 Å². The first-order chi connectivity index (χ1) is 23.5. The molecule has 6 aliphatic carbocycles. The van der Waals surface area contributed by atoms with E-state index in [-0.39, 0.29) is 58.5 Å². The van der Waals surface area contributed by atoms with Gasteiger partial charge in [0.1, 0.15) is 22.2 Å². The Balaban J connectivity index is -0.000000379. The van der Waals surface area contributed by atoms with Gasteiger partial charge in [-0.1, -0.05) is 7.43 Å². The lowest BCUT2D eigenvalue weighted by Gasteiger charge is -2.72. The summed E-state index contributed by atoms with van der Waals surface area (Å²) in [5, 5.41) is 6.00. The number of amides is 2. The molecule has 6 aliphatic rings. The lowest BCUT2D eigenvalue weighted by Crippen LogP contribution is -2.79. The molecule has 0 heterocycles. The number of nitrogens with one attached hydrogen (secondary N) is 3. The number of rotatable bonds is 7. The molecule has 6 rings (SSSR count). The highest BCUT2D eigenvalue weighted by Gasteiger charge is 2.71. The van der Waals surface area contributed by atoms with E-state index in [1.807, 2.05) is 90.0 Å². The highest BCUT2D eigenvalue weighted by atomic mass is 32.2. The molecule has 0 aromatic carbocycles. The number of carbonyl (C=O) groups excluding carboxylic acids is 2. The lowest BCUT2D eigenvalue weighted by molar-refractivity contribution is -0.165. The third kappa shape index (κ3) is 9.30. The van der Waals surface area contributed by atoms with E-state index in [4.69, 9.17) is 21.4 Å². The van der Waals surface area contributed by atoms with Crippen molar-refractivity contribution in [3.8, 4) is 0 Å². The van der Waals surface area contributed by atoms with Gasteiger partial charge in [0.2, 0.25) is 0 Å². The van der Waals surface area contributed by atoms with Crippen molar-refractivity contribution < 1.29 is 40.8 Å². The van der Waals surface area contributed by atoms with Crippen molar-refractivity contribution in [3.05, 3.63) is 0 Å². The van der Waals surface area contributed by atoms with Crippen molar-refractivity contribution in [2.75, 3.05) is 0 Å². The van der Waals surface area contributed by atoms with Gasteiger partial charge in [-0.15, -0.1) is 0 Å². The molecule has 6 saturated carbocycles. The van der Waals surface area contributed by atoms with Crippen LogP contribution in [0.1, 0.15) is 156 Å². The smallest absolute Gasteiger partial charge is 0.408 e. The second-order valence-electron chi connectivity index (χ2n) is 17.8. The molecule has 6 fully saturated rings. The predicted octanol–water partition coefficient (Wildman–Crippen LogP) is 8.10. The van der Waals surface area contributed by atoms with Crippen LogP contribution in [0.25, 0.3) is 0 Å². The van der Waals surface area contributed by atoms with Crippen LogP contribution in [0.5, 0.6) is 0 Å². The lowest BCUT2D eigenvalue weighted by atomic mass is 9.37. The number of carbonyl (C=O) groups is 2. The fraction of sp³-hybridized carbons (Fsp3) is 0.909. The summed E-state index contributed by atoms with van der Waals surface area (Å²) in [4.78, 5) is 23.7. The number of hydrogen-bond acceptors (Lipinski definition) is 6. The molecule has 272 valence electrons. The van der Waals surface area contributed by atoms with Gasteiger partial charge in [0.25, 0.3) is 0 Å². The Bertz CT molecular complexity index is 1210. The molecule has 0 aromatic heterocycles. The van der Waals surface area contributed by atoms with Crippen molar-refractivity contribution >= 4 is 39.9 Å². The molecule has 10 nitrogen and oxygen atoms in total. The van der Waals surface area contributed by atoms with E-state index >= 15 is 0 Å². The van der Waals surface area contributed by atoms with Gasteiger partial charge in [0.15, 0.2) is 0 Å². The second kappa shape index (κ2) is 12.5. The van der Waals surface area contributed by atoms with E-state index in [1.54, 1.807) is 0 Å². The zero-order valence-electron chi connectivity index (χ0n) is 37.5. The van der Waals surface area contributed by atoms with Crippen LogP contribution in [-0.2, 0) is 31.4 Å². The monoisotopic (exact) mass is 694 g/mol. The molecule has 0 spiro atoms. The summed E-state index contributed by atoms with van der Waals surface area (Å²) in [7, 11) is -2.28. The predicted molar refractivity (Wildman–Crippen MR) is 196 cm³/mol. The Morgan fingerprint density at radius 3 is 1.47 bits per heavy atom. The first-order valence-electron chi connectivity index (χ1n) is 19.7. The van der Waals surface area contributed by atoms with Gasteiger partial charge < -0.3 is 20.1 Å². The van der Waals surface area contributed by atoms with E-state index in [2.05, 4.69) is 26.7 Å². The number of ether oxygens (including phenoxy) is 2. The summed E-state index contributed by atoms with van der Waals surface area (Å²) in [5.74, 6) is 0. The average molecular weight is 694 g/mol. The van der Waals surface area contributed by atoms with Crippen LogP contribution in [0.3, 0.4) is 0 Å². The Labute approximate surface area is 291 Å². The van der Waals surface area contributed by atoms with Crippen molar-refractivity contribution in [2.24, 2.45) is 15.2 Å². The SMILES string of the molecule is C.CC(=N[S@](=O)C(C)(C)C)C12CC(NC(=O)OC(C)(C)C)(C1)C2.C[C@@H](N[S@](=O)C(C)(C)C)C12CC(NC(=O)OC(C)(C)C)(C1)C2.[2HH].[2H][2H].[2H][2H].[2H][2H].[2H][2H]. The van der Waals surface area contributed by atoms with Crippen LogP contribution < -0.4 is 15.4 Å². The van der Waals surface area contributed by atoms with E-state index < -0.39 is 33.2 Å². The zero-order chi connectivity index (χ0) is 41.9. The molecule has 0 saturated heterocycles. The Hall–Kier alpha value is -1.53. The van der Waals surface area contributed by atoms with Gasteiger partial charge >= 0.3 is 12.2 Å². The maximum absolute atomic E-state index is 12.2. The molecule has 0 radical (unpaired) electrons. The summed E-state index contributed by atoms with van der Waals surface area (Å²) in [6.45, 7) is 26.9. The van der Waals surface area contributed by atoms with E-state index in [0.717, 1.165) is 44.2 Å². The zero-order valence-corrected chi connectivity index (χ0v) is 31.2. The maximum atomic E-state index is 12.2. The van der Waals surface area contributed by atoms with Crippen LogP contribution in [0.4, 0.5) is 9.59 Å². The number of nitrogens with zero attached hydrogens (tertiary/aromatic N) is 1. The molecule has 0 unspecified atom stereocenters. The van der Waals surface area contributed by atoms with Crippen molar-refractivity contribution in [2.45, 2.75) is 181 Å². The third-order valence-electron chi connectivity index (χ3n) is 8.90. The maximum Gasteiger partial charge on any atom is 0.408 e. The van der Waals surface area contributed by atoms with Crippen LogP contribution in [0.15, 0.2) is 4.40 Å². The molecule has 0 aromatic rings. The van der Waals surface area contributed by atoms with Crippen LogP contribution >= 0.6 is 0 Å². The molecule has 3 N–H and O–H groups in total. The quantitative estimate of drug-likeness (QED) is 0.231. The standard InChI is InChI=1S/C16H30N2O3S.C16H28N2O3S.CH4.5H2/c2*1-11(18-22(20)14(5,6)7)15-8-16(9-15,10-15)17-12(19)21-13(2,3)4;;;;;;/h11,18H,8-10H2,1-7H3,(H,17,19);8-10H2,1-7H3,(H,17,19);1H4;5*1H/t11-,15?,16?,22-;15?,16?,22-;;;;;;/m11....../s1/i;;;4*1+1D;1+1. The third-order valence-corrected chi connectivity index (χ3v) is 12.1. The van der Waals surface area contributed by atoms with E-state index in [0.29, 0.717) is 0 Å². The molecule has 45 heavy (non-hydrogen) atoms. The molecule has 4 bridgehead atoms. The van der Waals surface area contributed by atoms with Crippen LogP contribution in [0.2, 0.25) is 0 Å². The average Bonchev–Trinajstić information content (AvgIpc) is 2.92. The normalized spacial score (nSPS) is 32.9. The molecule has 2 amide bonds. The Kier molecular flexibility index (Phi) is 9.26. The molecule has 12 heteroatoms. The molecule has 3 atom stereocenters. The fourth-order valence-corrected chi connectivity index (χ4v) is 8.26. The summed E-state index contributed by atoms with van der Waals surface area (Å²) >= 11 is 0. The summed E-state index contributed by atoms with van der Waals surface area (Å²) < 4.78 is 82.0. The van der Waals surface area contributed by atoms with Crippen LogP contribution in [-0.4, -0.2) is 64.1 Å². The minimum atomic E-state index is -1.22. The van der Waals surface area contributed by atoms with E-state index in [9.17, 15) is 18.0 Å². The Morgan fingerprint density at radius 2 is 1.13 bits per heavy atom. The summed E-state index contributed by atoms with van der Waals surface area (Å²) in [6, 6.07) is 0.190. The van der Waals surface area contributed by atoms with Gasteiger partial charge in [-0.05, 0) is 141 Å². The van der Waals surface area contributed by atoms with Crippen molar-refractivity contribution in [1.82, 2.24) is 15.4 Å². The number of alkyl carbamates (subject to hydrolysis) is 2. The summed E-state index contributed by atoms with van der Waals surface area (Å²) in [5.41, 5.74) is -0.0141. The van der Waals surface area contributed by atoms with Gasteiger partial charge in [-0.3, -0.25) is 0 Å². The second-order valence-corrected chi connectivity index (χ2v) is 21.7. The Morgan fingerprint density at radius 1 is 0.756 bits per heavy atom. The summed E-state index contributed by atoms with van der Waals surface area (Å²) in [6.07, 6.45) is 4.74. The minimum absolute atomic E-state index is 0. The first-order valence-corrected chi connectivity index (χ1v) is 18.0. The van der Waals surface area contributed by atoms with Gasteiger partial charge in [0.05, 0.1) is 20.5 Å². The molecule has 0 aliphatic heterocycles. The minimum Gasteiger partial charge on any atom is -0.444 e. The highest BCUT2D eigenvalue weighted by molar-refractivity contribution is 7.85. The molecular weight excluding hydrogens is 613 g/mol. The van der Waals surface area contributed by atoms with Gasteiger partial charge in [-0.2, -0.15) is 4.40 Å². The first kappa shape index (κ1) is 33.4. The topological polar surface area (TPSA) is 135 Å².